The van der Waals surface area contributed by atoms with Gasteiger partial charge in [0, 0.05) is 23.8 Å². The fraction of sp³-hybridized carbons (Fsp3) is 0.150. The molecular weight excluding hydrogens is 344 g/mol. The Morgan fingerprint density at radius 1 is 1.07 bits per heavy atom. The minimum atomic E-state index is -0.762. The minimum absolute atomic E-state index is 0.109. The van der Waals surface area contributed by atoms with Crippen LogP contribution in [-0.4, -0.2) is 28.7 Å². The highest BCUT2D eigenvalue weighted by Crippen LogP contribution is 2.20. The smallest absolute Gasteiger partial charge is 0.254 e. The number of fused-ring (bicyclic) bond motifs is 2. The first kappa shape index (κ1) is 16.8. The number of hydrogen-bond acceptors (Lipinski definition) is 3. The van der Waals surface area contributed by atoms with Crippen LogP contribution in [0.4, 0.5) is 11.4 Å². The summed E-state index contributed by atoms with van der Waals surface area (Å²) in [7, 11) is 0. The van der Waals surface area contributed by atoms with Gasteiger partial charge in [-0.15, -0.1) is 0 Å². The van der Waals surface area contributed by atoms with Crippen LogP contribution in [-0.2, 0) is 9.59 Å². The van der Waals surface area contributed by atoms with Crippen molar-refractivity contribution in [3.8, 4) is 0 Å². The zero-order valence-electron chi connectivity index (χ0n) is 14.4. The second-order valence-corrected chi connectivity index (χ2v) is 6.43. The summed E-state index contributed by atoms with van der Waals surface area (Å²) in [6, 6.07) is 13.6. The van der Waals surface area contributed by atoms with Gasteiger partial charge in [0.2, 0.25) is 11.8 Å². The second-order valence-electron chi connectivity index (χ2n) is 6.43. The van der Waals surface area contributed by atoms with Gasteiger partial charge in [0.25, 0.3) is 5.91 Å². The van der Waals surface area contributed by atoms with Gasteiger partial charge >= 0.3 is 0 Å². The van der Waals surface area contributed by atoms with Crippen LogP contribution in [0, 0.1) is 0 Å². The van der Waals surface area contributed by atoms with Crippen LogP contribution >= 0.6 is 0 Å². The maximum Gasteiger partial charge on any atom is 0.254 e. The standard InChI is InChI=1S/C20H18N4O3/c25-18(22-13-6-5-12-9-10-21-17(12)11-13)8-7-16-20(27)23-15-4-2-1-3-14(15)19(26)24-16/h1-6,9-11,16,21H,7-8H2,(H,22,25)(H,23,27)(H,24,26)/t16-/m1/s1. The van der Waals surface area contributed by atoms with Gasteiger partial charge in [-0.2, -0.15) is 0 Å². The number of amides is 3. The summed E-state index contributed by atoms with van der Waals surface area (Å²) in [5.74, 6) is -0.870. The summed E-state index contributed by atoms with van der Waals surface area (Å²) >= 11 is 0. The molecule has 0 saturated carbocycles. The number of carbonyl (C=O) groups excluding carboxylic acids is 3. The van der Waals surface area contributed by atoms with Crippen molar-refractivity contribution in [3.63, 3.8) is 0 Å². The highest BCUT2D eigenvalue weighted by molar-refractivity contribution is 6.10. The van der Waals surface area contributed by atoms with Crippen molar-refractivity contribution in [2.45, 2.75) is 18.9 Å². The Balaban J connectivity index is 1.38. The van der Waals surface area contributed by atoms with Crippen LogP contribution in [0.3, 0.4) is 0 Å². The van der Waals surface area contributed by atoms with Crippen molar-refractivity contribution in [1.29, 1.82) is 0 Å². The summed E-state index contributed by atoms with van der Waals surface area (Å²) in [5.41, 5.74) is 2.50. The maximum absolute atomic E-state index is 12.3. The van der Waals surface area contributed by atoms with Gasteiger partial charge in [-0.3, -0.25) is 14.4 Å². The number of hydrogen-bond donors (Lipinski definition) is 4. The lowest BCUT2D eigenvalue weighted by Crippen LogP contribution is -2.41. The molecule has 0 bridgehead atoms. The quantitative estimate of drug-likeness (QED) is 0.574. The first-order valence-electron chi connectivity index (χ1n) is 8.68. The number of H-pyrrole nitrogens is 1. The lowest BCUT2D eigenvalue weighted by atomic mass is 10.1. The van der Waals surface area contributed by atoms with E-state index >= 15 is 0 Å². The number of benzene rings is 2. The largest absolute Gasteiger partial charge is 0.361 e. The molecular formula is C20H18N4O3. The first-order chi connectivity index (χ1) is 13.1. The molecule has 3 aromatic rings. The SMILES string of the molecule is O=C(CC[C@H]1NC(=O)c2ccccc2NC1=O)Nc1ccc2cc[nH]c2c1. The molecule has 1 atom stereocenters. The van der Waals surface area contributed by atoms with Crippen molar-refractivity contribution in [2.75, 3.05) is 10.6 Å². The highest BCUT2D eigenvalue weighted by Gasteiger charge is 2.27. The van der Waals surface area contributed by atoms with Crippen molar-refractivity contribution >= 4 is 40.0 Å². The predicted octanol–water partition coefficient (Wildman–Crippen LogP) is 2.64. The number of nitrogens with one attached hydrogen (secondary N) is 4. The zero-order valence-corrected chi connectivity index (χ0v) is 14.4. The van der Waals surface area contributed by atoms with Gasteiger partial charge in [-0.25, -0.2) is 0 Å². The summed E-state index contributed by atoms with van der Waals surface area (Å²) in [6.45, 7) is 0. The number of carbonyl (C=O) groups is 3. The Kier molecular flexibility index (Phi) is 4.33. The van der Waals surface area contributed by atoms with E-state index in [0.29, 0.717) is 16.9 Å². The molecule has 1 aliphatic heterocycles. The van der Waals surface area contributed by atoms with Gasteiger partial charge in [-0.05, 0) is 42.1 Å². The van der Waals surface area contributed by atoms with Crippen LogP contribution < -0.4 is 16.0 Å². The first-order valence-corrected chi connectivity index (χ1v) is 8.68. The Labute approximate surface area is 155 Å². The van der Waals surface area contributed by atoms with Crippen LogP contribution in [0.2, 0.25) is 0 Å². The monoisotopic (exact) mass is 362 g/mol. The third-order valence-electron chi connectivity index (χ3n) is 4.55. The Bertz CT molecular complexity index is 1040. The molecule has 2 aromatic carbocycles. The molecule has 0 spiro atoms. The molecule has 4 rings (SSSR count). The molecule has 27 heavy (non-hydrogen) atoms. The van der Waals surface area contributed by atoms with Gasteiger partial charge in [0.15, 0.2) is 0 Å². The van der Waals surface area contributed by atoms with E-state index in [1.165, 1.54) is 0 Å². The van der Waals surface area contributed by atoms with E-state index in [-0.39, 0.29) is 30.6 Å². The van der Waals surface area contributed by atoms with Gasteiger partial charge < -0.3 is 20.9 Å². The van der Waals surface area contributed by atoms with Crippen molar-refractivity contribution in [1.82, 2.24) is 10.3 Å². The number of aromatic nitrogens is 1. The Morgan fingerprint density at radius 3 is 2.81 bits per heavy atom. The van der Waals surface area contributed by atoms with E-state index in [4.69, 9.17) is 0 Å². The molecule has 2 heterocycles. The minimum Gasteiger partial charge on any atom is -0.361 e. The molecule has 0 unspecified atom stereocenters. The van der Waals surface area contributed by atoms with Gasteiger partial charge in [-0.1, -0.05) is 18.2 Å². The average Bonchev–Trinajstić information content (AvgIpc) is 3.08. The fourth-order valence-electron chi connectivity index (χ4n) is 3.14. The van der Waals surface area contributed by atoms with E-state index in [1.54, 1.807) is 24.3 Å². The highest BCUT2D eigenvalue weighted by atomic mass is 16.2. The van der Waals surface area contributed by atoms with Crippen LogP contribution in [0.15, 0.2) is 54.7 Å². The van der Waals surface area contributed by atoms with Crippen LogP contribution in [0.1, 0.15) is 23.2 Å². The van der Waals surface area contributed by atoms with Crippen LogP contribution in [0.25, 0.3) is 10.9 Å². The molecule has 0 saturated heterocycles. The molecule has 3 amide bonds. The summed E-state index contributed by atoms with van der Waals surface area (Å²) < 4.78 is 0. The second kappa shape index (κ2) is 6.95. The number of rotatable bonds is 4. The molecule has 1 aliphatic rings. The predicted molar refractivity (Wildman–Crippen MR) is 102 cm³/mol. The fourth-order valence-corrected chi connectivity index (χ4v) is 3.14. The van der Waals surface area contributed by atoms with E-state index in [1.807, 2.05) is 30.5 Å². The lowest BCUT2D eigenvalue weighted by Gasteiger charge is -2.14. The third kappa shape index (κ3) is 3.52. The molecule has 4 N–H and O–H groups in total. The van der Waals surface area contributed by atoms with Crippen molar-refractivity contribution in [3.05, 3.63) is 60.3 Å². The molecule has 0 fully saturated rings. The van der Waals surface area contributed by atoms with Crippen LogP contribution in [0.5, 0.6) is 0 Å². The lowest BCUT2D eigenvalue weighted by molar-refractivity contribution is -0.118. The molecule has 0 aliphatic carbocycles. The van der Waals surface area contributed by atoms with E-state index in [9.17, 15) is 14.4 Å². The molecule has 7 heteroatoms. The molecule has 0 radical (unpaired) electrons. The van der Waals surface area contributed by atoms with E-state index in [0.717, 1.165) is 10.9 Å². The van der Waals surface area contributed by atoms with Gasteiger partial charge in [0.1, 0.15) is 6.04 Å². The van der Waals surface area contributed by atoms with Crippen molar-refractivity contribution < 1.29 is 14.4 Å². The van der Waals surface area contributed by atoms with E-state index in [2.05, 4.69) is 20.9 Å². The third-order valence-corrected chi connectivity index (χ3v) is 4.55. The maximum atomic E-state index is 12.3. The number of anilines is 2. The summed E-state index contributed by atoms with van der Waals surface area (Å²) in [5, 5.41) is 9.30. The zero-order chi connectivity index (χ0) is 18.8. The summed E-state index contributed by atoms with van der Waals surface area (Å²) in [6.07, 6.45) is 2.15. The Morgan fingerprint density at radius 2 is 1.93 bits per heavy atom. The van der Waals surface area contributed by atoms with E-state index < -0.39 is 6.04 Å². The number of aromatic amines is 1. The summed E-state index contributed by atoms with van der Waals surface area (Å²) in [4.78, 5) is 40.0. The molecule has 1 aromatic heterocycles. The normalized spacial score (nSPS) is 16.2. The van der Waals surface area contributed by atoms with Gasteiger partial charge in [0.05, 0.1) is 11.3 Å². The molecule has 7 nitrogen and oxygen atoms in total. The number of para-hydroxylation sites is 1. The molecule has 136 valence electrons. The average molecular weight is 362 g/mol. The Hall–Kier alpha value is -3.61. The topological polar surface area (TPSA) is 103 Å². The van der Waals surface area contributed by atoms with Crippen molar-refractivity contribution in [2.24, 2.45) is 0 Å².